The number of benzene rings is 1. The van der Waals surface area contributed by atoms with Crippen LogP contribution in [-0.4, -0.2) is 44.7 Å². The Morgan fingerprint density at radius 3 is 2.90 bits per heavy atom. The van der Waals surface area contributed by atoms with E-state index in [2.05, 4.69) is 41.2 Å². The highest BCUT2D eigenvalue weighted by atomic mass is 35.5. The molecule has 0 aliphatic heterocycles. The van der Waals surface area contributed by atoms with Gasteiger partial charge in [0, 0.05) is 30.5 Å². The summed E-state index contributed by atoms with van der Waals surface area (Å²) in [6.45, 7) is 0.462. The van der Waals surface area contributed by atoms with E-state index < -0.39 is 11.8 Å². The molecule has 3 rings (SSSR count). The second kappa shape index (κ2) is 10.2. The Hall–Kier alpha value is -4.00. The third-order valence-corrected chi connectivity index (χ3v) is 4.16. The number of amides is 2. The molecule has 1 aromatic carbocycles. The van der Waals surface area contributed by atoms with Gasteiger partial charge < -0.3 is 26.7 Å². The summed E-state index contributed by atoms with van der Waals surface area (Å²) in [5.74, 6) is -0.611. The fourth-order valence-electron chi connectivity index (χ4n) is 2.45. The number of primary amides is 1. The number of urea groups is 1. The van der Waals surface area contributed by atoms with Crippen LogP contribution in [0.4, 0.5) is 14.9 Å². The summed E-state index contributed by atoms with van der Waals surface area (Å²) in [5, 5.41) is 24.1. The Labute approximate surface area is 180 Å². The Kier molecular flexibility index (Phi) is 7.11. The number of carbonyl (C=O) groups is 1. The molecule has 2 heterocycles. The molecule has 0 saturated carbocycles. The molecule has 0 aliphatic carbocycles. The van der Waals surface area contributed by atoms with Crippen LogP contribution in [0.15, 0.2) is 40.3 Å². The maximum absolute atomic E-state index is 13.3. The van der Waals surface area contributed by atoms with Crippen molar-refractivity contribution in [3.63, 3.8) is 0 Å². The SMILES string of the molecule is N=C(Nc1ccc(F)c(Cl)c1)c1nonc1CNC(=NC(N)=O)NCCc1cnc[nH]1. The van der Waals surface area contributed by atoms with E-state index in [1.807, 2.05) is 0 Å². The average Bonchev–Trinajstić information content (AvgIpc) is 3.40. The lowest BCUT2D eigenvalue weighted by molar-refractivity contribution is 0.256. The fourth-order valence-corrected chi connectivity index (χ4v) is 2.63. The molecule has 14 heteroatoms. The number of nitrogens with zero attached hydrogens (tertiary/aromatic N) is 4. The van der Waals surface area contributed by atoms with E-state index in [4.69, 9.17) is 27.4 Å². The van der Waals surface area contributed by atoms with Crippen molar-refractivity contribution in [3.8, 4) is 0 Å². The Balaban J connectivity index is 1.60. The summed E-state index contributed by atoms with van der Waals surface area (Å²) in [6.07, 6.45) is 3.85. The molecular weight excluding hydrogens is 431 g/mol. The van der Waals surface area contributed by atoms with Gasteiger partial charge in [0.15, 0.2) is 11.5 Å². The number of imidazole rings is 1. The van der Waals surface area contributed by atoms with Gasteiger partial charge in [-0.15, -0.1) is 0 Å². The van der Waals surface area contributed by atoms with Crippen LogP contribution in [0.2, 0.25) is 5.02 Å². The van der Waals surface area contributed by atoms with Crippen molar-refractivity contribution in [1.82, 2.24) is 30.9 Å². The summed E-state index contributed by atoms with van der Waals surface area (Å²) >= 11 is 5.75. The molecule has 0 unspecified atom stereocenters. The molecule has 0 spiro atoms. The van der Waals surface area contributed by atoms with Crippen LogP contribution >= 0.6 is 11.6 Å². The number of guanidine groups is 1. The molecule has 2 amide bonds. The predicted octanol–water partition coefficient (Wildman–Crippen LogP) is 1.38. The highest BCUT2D eigenvalue weighted by Gasteiger charge is 2.16. The Bertz CT molecular complexity index is 1080. The molecule has 31 heavy (non-hydrogen) atoms. The van der Waals surface area contributed by atoms with E-state index in [1.165, 1.54) is 18.2 Å². The summed E-state index contributed by atoms with van der Waals surface area (Å²) < 4.78 is 18.0. The van der Waals surface area contributed by atoms with Gasteiger partial charge >= 0.3 is 6.03 Å². The second-order valence-corrected chi connectivity index (χ2v) is 6.50. The Morgan fingerprint density at radius 1 is 1.35 bits per heavy atom. The molecule has 0 aliphatic rings. The molecule has 162 valence electrons. The molecule has 0 fully saturated rings. The lowest BCUT2D eigenvalue weighted by atomic mass is 10.2. The number of anilines is 1. The zero-order valence-electron chi connectivity index (χ0n) is 15.9. The zero-order valence-corrected chi connectivity index (χ0v) is 16.7. The van der Waals surface area contributed by atoms with Gasteiger partial charge in [0.05, 0.1) is 17.9 Å². The number of aromatic nitrogens is 4. The topological polar surface area (TPSA) is 183 Å². The van der Waals surface area contributed by atoms with Crippen molar-refractivity contribution in [3.05, 3.63) is 58.6 Å². The second-order valence-electron chi connectivity index (χ2n) is 6.09. The minimum atomic E-state index is -0.891. The van der Waals surface area contributed by atoms with E-state index >= 15 is 0 Å². The third kappa shape index (κ3) is 6.24. The smallest absolute Gasteiger partial charge is 0.341 e. The van der Waals surface area contributed by atoms with Gasteiger partial charge in [-0.3, -0.25) is 5.41 Å². The minimum absolute atomic E-state index is 0.0240. The standard InChI is InChI=1S/C17H18ClFN10O2/c18-11-5-9(1-2-12(11)19)26-15(20)14-13(28-31-29-14)7-24-17(27-16(21)30)23-4-3-10-6-22-8-25-10/h1-2,5-6,8H,3-4,7H2,(H2,20,26)(H,22,25)(H4,21,23,24,27,30). The normalized spacial score (nSPS) is 11.2. The first-order valence-electron chi connectivity index (χ1n) is 8.88. The number of hydrogen-bond donors (Lipinski definition) is 6. The van der Waals surface area contributed by atoms with Crippen LogP contribution in [0.1, 0.15) is 17.1 Å². The van der Waals surface area contributed by atoms with Crippen molar-refractivity contribution < 1.29 is 13.8 Å². The maximum Gasteiger partial charge on any atom is 0.341 e. The molecular formula is C17H18ClFN10O2. The Morgan fingerprint density at radius 2 is 2.19 bits per heavy atom. The summed E-state index contributed by atoms with van der Waals surface area (Å²) in [4.78, 5) is 21.7. The molecule has 12 nitrogen and oxygen atoms in total. The zero-order chi connectivity index (χ0) is 22.2. The van der Waals surface area contributed by atoms with Crippen LogP contribution in [0.25, 0.3) is 0 Å². The third-order valence-electron chi connectivity index (χ3n) is 3.87. The molecule has 2 aromatic heterocycles. The van der Waals surface area contributed by atoms with Gasteiger partial charge in [0.25, 0.3) is 0 Å². The molecule has 0 radical (unpaired) electrons. The molecule has 0 saturated heterocycles. The lowest BCUT2D eigenvalue weighted by Gasteiger charge is -2.11. The van der Waals surface area contributed by atoms with Gasteiger partial charge in [-0.05, 0) is 23.4 Å². The number of amidine groups is 1. The van der Waals surface area contributed by atoms with Crippen LogP contribution in [-0.2, 0) is 13.0 Å². The van der Waals surface area contributed by atoms with Gasteiger partial charge in [-0.25, -0.2) is 18.8 Å². The van der Waals surface area contributed by atoms with Crippen LogP contribution in [0.5, 0.6) is 0 Å². The van der Waals surface area contributed by atoms with E-state index in [-0.39, 0.29) is 34.8 Å². The fraction of sp³-hybridized carbons (Fsp3) is 0.176. The highest BCUT2D eigenvalue weighted by molar-refractivity contribution is 6.31. The maximum atomic E-state index is 13.3. The van der Waals surface area contributed by atoms with E-state index in [0.717, 1.165) is 5.69 Å². The van der Waals surface area contributed by atoms with Gasteiger partial charge in [0.1, 0.15) is 11.5 Å². The number of rotatable bonds is 7. The number of carbonyl (C=O) groups excluding carboxylic acids is 1. The summed E-state index contributed by atoms with van der Waals surface area (Å²) in [5.41, 5.74) is 6.79. The van der Waals surface area contributed by atoms with Crippen molar-refractivity contribution in [1.29, 1.82) is 5.41 Å². The van der Waals surface area contributed by atoms with Crippen molar-refractivity contribution in [2.45, 2.75) is 13.0 Å². The van der Waals surface area contributed by atoms with Crippen molar-refractivity contribution in [2.24, 2.45) is 10.7 Å². The molecule has 0 atom stereocenters. The number of nitrogens with two attached hydrogens (primary N) is 1. The van der Waals surface area contributed by atoms with Crippen molar-refractivity contribution in [2.75, 3.05) is 11.9 Å². The quantitative estimate of drug-likeness (QED) is 0.231. The number of aromatic amines is 1. The van der Waals surface area contributed by atoms with Gasteiger partial charge in [-0.2, -0.15) is 4.99 Å². The number of H-pyrrole nitrogens is 1. The monoisotopic (exact) mass is 448 g/mol. The number of halogens is 2. The molecule has 7 N–H and O–H groups in total. The predicted molar refractivity (Wildman–Crippen MR) is 110 cm³/mol. The first-order valence-corrected chi connectivity index (χ1v) is 9.25. The van der Waals surface area contributed by atoms with E-state index in [9.17, 15) is 9.18 Å². The van der Waals surface area contributed by atoms with Crippen molar-refractivity contribution >= 4 is 35.1 Å². The van der Waals surface area contributed by atoms with E-state index in [0.29, 0.717) is 18.7 Å². The first-order chi connectivity index (χ1) is 14.9. The van der Waals surface area contributed by atoms with Crippen LogP contribution < -0.4 is 21.7 Å². The number of aliphatic imine (C=N–C) groups is 1. The lowest BCUT2D eigenvalue weighted by Crippen LogP contribution is -2.39. The number of hydrogen-bond acceptors (Lipinski definition) is 6. The van der Waals surface area contributed by atoms with Crippen LogP contribution in [0, 0.1) is 11.2 Å². The van der Waals surface area contributed by atoms with E-state index in [1.54, 1.807) is 12.5 Å². The minimum Gasteiger partial charge on any atom is -0.356 e. The van der Waals surface area contributed by atoms with Crippen LogP contribution in [0.3, 0.4) is 0 Å². The molecule has 3 aromatic rings. The largest absolute Gasteiger partial charge is 0.356 e. The van der Waals surface area contributed by atoms with Gasteiger partial charge in [-0.1, -0.05) is 16.8 Å². The summed E-state index contributed by atoms with van der Waals surface area (Å²) in [6, 6.07) is 3.03. The van der Waals surface area contributed by atoms with Gasteiger partial charge in [0.2, 0.25) is 5.96 Å². The highest BCUT2D eigenvalue weighted by Crippen LogP contribution is 2.20. The molecule has 0 bridgehead atoms. The number of nitrogens with one attached hydrogen (secondary N) is 5. The first kappa shape index (κ1) is 21.7. The summed E-state index contributed by atoms with van der Waals surface area (Å²) in [7, 11) is 0. The average molecular weight is 449 g/mol.